The fourth-order valence-corrected chi connectivity index (χ4v) is 9.19. The van der Waals surface area contributed by atoms with Crippen molar-refractivity contribution in [2.45, 2.75) is 0 Å². The van der Waals surface area contributed by atoms with Crippen molar-refractivity contribution in [2.75, 3.05) is 4.90 Å². The maximum Gasteiger partial charge on any atom is 0.137 e. The molecule has 3 nitrogen and oxygen atoms in total. The minimum Gasteiger partial charge on any atom is -0.456 e. The van der Waals surface area contributed by atoms with E-state index in [1.54, 1.807) is 0 Å². The van der Waals surface area contributed by atoms with E-state index in [0.717, 1.165) is 44.7 Å². The molecule has 0 aliphatic heterocycles. The van der Waals surface area contributed by atoms with Gasteiger partial charge in [-0.3, -0.25) is 0 Å². The van der Waals surface area contributed by atoms with E-state index in [1.807, 2.05) is 0 Å². The monoisotopic (exact) mass is 752 g/mol. The summed E-state index contributed by atoms with van der Waals surface area (Å²) < 4.78 is 9.09. The molecular formula is C56H36N2O. The normalized spacial score (nSPS) is 11.7. The van der Waals surface area contributed by atoms with Gasteiger partial charge in [-0.2, -0.15) is 0 Å². The molecule has 0 saturated carbocycles. The highest BCUT2D eigenvalue weighted by Crippen LogP contribution is 2.42. The van der Waals surface area contributed by atoms with E-state index < -0.39 is 0 Å². The van der Waals surface area contributed by atoms with Crippen molar-refractivity contribution >= 4 is 82.4 Å². The van der Waals surface area contributed by atoms with Gasteiger partial charge in [-0.15, -0.1) is 0 Å². The Balaban J connectivity index is 0.948. The van der Waals surface area contributed by atoms with Gasteiger partial charge in [0.25, 0.3) is 0 Å². The van der Waals surface area contributed by atoms with Crippen LogP contribution in [0.5, 0.6) is 0 Å². The molecule has 0 radical (unpaired) electrons. The van der Waals surface area contributed by atoms with Gasteiger partial charge in [-0.05, 0) is 117 Å². The number of aromatic nitrogens is 1. The fourth-order valence-electron chi connectivity index (χ4n) is 9.19. The summed E-state index contributed by atoms with van der Waals surface area (Å²) >= 11 is 0. The van der Waals surface area contributed by atoms with Crippen LogP contribution in [-0.2, 0) is 0 Å². The van der Waals surface area contributed by atoms with Gasteiger partial charge in [0.05, 0.1) is 22.1 Å². The summed E-state index contributed by atoms with van der Waals surface area (Å²) in [5.74, 6) is 0. The number of nitrogens with zero attached hydrogens (tertiary/aromatic N) is 2. The van der Waals surface area contributed by atoms with Gasteiger partial charge in [0.1, 0.15) is 11.2 Å². The van der Waals surface area contributed by atoms with Gasteiger partial charge in [-0.25, -0.2) is 0 Å². The largest absolute Gasteiger partial charge is 0.456 e. The molecule has 0 amide bonds. The first-order valence-corrected chi connectivity index (χ1v) is 20.2. The molecule has 3 heteroatoms. The van der Waals surface area contributed by atoms with E-state index in [4.69, 9.17) is 4.42 Å². The quantitative estimate of drug-likeness (QED) is 0.169. The van der Waals surface area contributed by atoms with Gasteiger partial charge in [0, 0.05) is 39.3 Å². The van der Waals surface area contributed by atoms with Crippen molar-refractivity contribution in [2.24, 2.45) is 0 Å². The molecule has 0 bridgehead atoms. The Morgan fingerprint density at radius 2 is 0.966 bits per heavy atom. The third-order valence-electron chi connectivity index (χ3n) is 12.0. The topological polar surface area (TPSA) is 21.3 Å². The summed E-state index contributed by atoms with van der Waals surface area (Å²) in [5, 5.41) is 9.66. The number of rotatable bonds is 6. The van der Waals surface area contributed by atoms with E-state index in [1.165, 1.54) is 65.6 Å². The van der Waals surface area contributed by atoms with Crippen LogP contribution in [0.2, 0.25) is 0 Å². The predicted molar refractivity (Wildman–Crippen MR) is 249 cm³/mol. The Kier molecular flexibility index (Phi) is 7.54. The molecule has 0 unspecified atom stereocenters. The highest BCUT2D eigenvalue weighted by atomic mass is 16.3. The Morgan fingerprint density at radius 3 is 1.78 bits per heavy atom. The third kappa shape index (κ3) is 5.44. The molecule has 12 aromatic rings. The lowest BCUT2D eigenvalue weighted by atomic mass is 9.93. The Morgan fingerprint density at radius 1 is 0.339 bits per heavy atom. The molecule has 0 N–H and O–H groups in total. The average Bonchev–Trinajstić information content (AvgIpc) is 3.85. The summed E-state index contributed by atoms with van der Waals surface area (Å²) in [4.78, 5) is 2.31. The predicted octanol–water partition coefficient (Wildman–Crippen LogP) is 15.8. The molecule has 12 rings (SSSR count). The molecule has 10 aromatic carbocycles. The van der Waals surface area contributed by atoms with Gasteiger partial charge in [0.15, 0.2) is 0 Å². The summed E-state index contributed by atoms with van der Waals surface area (Å²) in [7, 11) is 0. The van der Waals surface area contributed by atoms with Crippen molar-refractivity contribution in [1.82, 2.24) is 4.57 Å². The van der Waals surface area contributed by atoms with E-state index in [0.29, 0.717) is 0 Å². The van der Waals surface area contributed by atoms with Crippen LogP contribution < -0.4 is 4.90 Å². The Labute approximate surface area is 341 Å². The van der Waals surface area contributed by atoms with Crippen molar-refractivity contribution in [3.8, 4) is 27.9 Å². The fraction of sp³-hybridized carbons (Fsp3) is 0. The van der Waals surface area contributed by atoms with Gasteiger partial charge in [-0.1, -0.05) is 140 Å². The Hall–Kier alpha value is -7.88. The zero-order valence-electron chi connectivity index (χ0n) is 32.1. The van der Waals surface area contributed by atoms with Crippen LogP contribution in [0.15, 0.2) is 223 Å². The van der Waals surface area contributed by atoms with Gasteiger partial charge < -0.3 is 13.9 Å². The lowest BCUT2D eigenvalue weighted by Gasteiger charge is -2.25. The average molecular weight is 753 g/mol. The van der Waals surface area contributed by atoms with Crippen LogP contribution >= 0.6 is 0 Å². The number of para-hydroxylation sites is 3. The summed E-state index contributed by atoms with van der Waals surface area (Å²) in [6, 6.07) is 78.6. The molecule has 0 spiro atoms. The van der Waals surface area contributed by atoms with Gasteiger partial charge in [0.2, 0.25) is 0 Å². The van der Waals surface area contributed by atoms with E-state index >= 15 is 0 Å². The maximum atomic E-state index is 6.71. The molecular weight excluding hydrogens is 717 g/mol. The number of fused-ring (bicyclic) bond motifs is 8. The van der Waals surface area contributed by atoms with Crippen molar-refractivity contribution in [3.63, 3.8) is 0 Å². The molecule has 2 heterocycles. The Bertz CT molecular complexity index is 3500. The first kappa shape index (κ1) is 33.3. The molecule has 59 heavy (non-hydrogen) atoms. The summed E-state index contributed by atoms with van der Waals surface area (Å²) in [6.07, 6.45) is 0. The second-order valence-corrected chi connectivity index (χ2v) is 15.3. The van der Waals surface area contributed by atoms with Crippen LogP contribution in [0.4, 0.5) is 17.1 Å². The zero-order valence-corrected chi connectivity index (χ0v) is 32.1. The molecule has 0 saturated heterocycles. The van der Waals surface area contributed by atoms with Crippen LogP contribution in [0.3, 0.4) is 0 Å². The minimum absolute atomic E-state index is 0.849. The summed E-state index contributed by atoms with van der Waals surface area (Å²) in [5.41, 5.74) is 13.2. The van der Waals surface area contributed by atoms with E-state index in [-0.39, 0.29) is 0 Å². The number of hydrogen-bond donors (Lipinski definition) is 0. The number of hydrogen-bond acceptors (Lipinski definition) is 2. The third-order valence-corrected chi connectivity index (χ3v) is 12.0. The highest BCUT2D eigenvalue weighted by molar-refractivity contribution is 6.15. The number of anilines is 3. The summed E-state index contributed by atoms with van der Waals surface area (Å²) in [6.45, 7) is 0. The molecule has 276 valence electrons. The standard InChI is InChI=1S/C56H36N2O/c1-2-15-43(16-3-1)57(44-30-28-38(29-31-44)41-26-25-39-14-10-19-46(50(39)35-41)42-27-24-37-12-4-5-13-40(37)34-42)45-32-33-49-55(36-45)59-54-23-11-22-53(56(49)54)58-51-20-8-6-17-47(51)48-18-7-9-21-52(48)58/h1-36H. The smallest absolute Gasteiger partial charge is 0.137 e. The second kappa shape index (κ2) is 13.4. The molecule has 0 fully saturated rings. The van der Waals surface area contributed by atoms with Crippen LogP contribution in [0.25, 0.3) is 93.2 Å². The number of furan rings is 1. The SMILES string of the molecule is c1ccc(N(c2ccc(-c3ccc4cccc(-c5ccc6ccccc6c5)c4c3)cc2)c2ccc3c(c2)oc2cccc(-n4c5ccccc5c5ccccc54)c23)cc1. The van der Waals surface area contributed by atoms with Crippen LogP contribution in [0.1, 0.15) is 0 Å². The van der Waals surface area contributed by atoms with Crippen LogP contribution in [0, 0.1) is 0 Å². The second-order valence-electron chi connectivity index (χ2n) is 15.3. The first-order valence-electron chi connectivity index (χ1n) is 20.2. The molecule has 0 aliphatic rings. The highest BCUT2D eigenvalue weighted by Gasteiger charge is 2.20. The van der Waals surface area contributed by atoms with E-state index in [2.05, 4.69) is 228 Å². The zero-order chi connectivity index (χ0) is 38.9. The lowest BCUT2D eigenvalue weighted by Crippen LogP contribution is -2.09. The van der Waals surface area contributed by atoms with E-state index in [9.17, 15) is 0 Å². The lowest BCUT2D eigenvalue weighted by molar-refractivity contribution is 0.669. The molecule has 0 aliphatic carbocycles. The molecule has 0 atom stereocenters. The minimum atomic E-state index is 0.849. The number of benzene rings is 10. The molecule has 2 aromatic heterocycles. The maximum absolute atomic E-state index is 6.71. The van der Waals surface area contributed by atoms with Crippen molar-refractivity contribution in [1.29, 1.82) is 0 Å². The van der Waals surface area contributed by atoms with Crippen molar-refractivity contribution < 1.29 is 4.42 Å². The van der Waals surface area contributed by atoms with Gasteiger partial charge >= 0.3 is 0 Å². The first-order chi connectivity index (χ1) is 29.2. The van der Waals surface area contributed by atoms with Crippen molar-refractivity contribution in [3.05, 3.63) is 218 Å². The van der Waals surface area contributed by atoms with Crippen LogP contribution in [-0.4, -0.2) is 4.57 Å².